The molecule has 0 saturated carbocycles. The minimum absolute atomic E-state index is 0.00896. The first kappa shape index (κ1) is 12.5. The Balaban J connectivity index is 1.99. The van der Waals surface area contributed by atoms with E-state index in [9.17, 15) is 13.6 Å². The van der Waals surface area contributed by atoms with Crippen molar-refractivity contribution in [1.82, 2.24) is 4.98 Å². The van der Waals surface area contributed by atoms with Crippen molar-refractivity contribution in [3.05, 3.63) is 48.2 Å². The fraction of sp³-hybridized carbons (Fsp3) is 0.143. The number of rotatable bonds is 3. The molecule has 1 aromatic carbocycles. The molecule has 0 radical (unpaired) electrons. The van der Waals surface area contributed by atoms with Crippen molar-refractivity contribution in [2.24, 2.45) is 0 Å². The van der Waals surface area contributed by atoms with Crippen LogP contribution in [0.1, 0.15) is 5.56 Å². The molecule has 0 saturated heterocycles. The predicted molar refractivity (Wildman–Crippen MR) is 68.2 cm³/mol. The van der Waals surface area contributed by atoms with Crippen molar-refractivity contribution >= 4 is 17.4 Å². The highest BCUT2D eigenvalue weighted by molar-refractivity contribution is 6.06. The summed E-state index contributed by atoms with van der Waals surface area (Å²) in [5, 5.41) is 0. The van der Waals surface area contributed by atoms with E-state index >= 15 is 0 Å². The number of fused-ring (bicyclic) bond motifs is 1. The number of alkyl halides is 2. The van der Waals surface area contributed by atoms with Crippen LogP contribution in [0.25, 0.3) is 0 Å². The van der Waals surface area contributed by atoms with Gasteiger partial charge < -0.3 is 4.74 Å². The zero-order chi connectivity index (χ0) is 14.1. The molecule has 4 nitrogen and oxygen atoms in total. The second-order valence-corrected chi connectivity index (χ2v) is 4.27. The SMILES string of the molecule is O=C1Cc2cccnc2N1c1cccc(OC(F)F)c1. The highest BCUT2D eigenvalue weighted by Crippen LogP contribution is 2.34. The topological polar surface area (TPSA) is 42.4 Å². The number of halogens is 2. The Morgan fingerprint density at radius 2 is 2.10 bits per heavy atom. The number of aromatic nitrogens is 1. The van der Waals surface area contributed by atoms with E-state index < -0.39 is 6.61 Å². The van der Waals surface area contributed by atoms with Gasteiger partial charge in [-0.15, -0.1) is 0 Å². The molecule has 2 heterocycles. The summed E-state index contributed by atoms with van der Waals surface area (Å²) in [6.07, 6.45) is 1.84. The highest BCUT2D eigenvalue weighted by atomic mass is 19.3. The molecule has 0 spiro atoms. The van der Waals surface area contributed by atoms with Gasteiger partial charge in [-0.25, -0.2) is 4.98 Å². The van der Waals surface area contributed by atoms with Crippen LogP contribution >= 0.6 is 0 Å². The van der Waals surface area contributed by atoms with Crippen LogP contribution in [0.2, 0.25) is 0 Å². The van der Waals surface area contributed by atoms with Crippen LogP contribution in [0.15, 0.2) is 42.6 Å². The van der Waals surface area contributed by atoms with Gasteiger partial charge in [0.25, 0.3) is 0 Å². The number of anilines is 2. The van der Waals surface area contributed by atoms with Crippen molar-refractivity contribution in [3.8, 4) is 5.75 Å². The van der Waals surface area contributed by atoms with Crippen LogP contribution in [0, 0.1) is 0 Å². The van der Waals surface area contributed by atoms with E-state index in [-0.39, 0.29) is 18.1 Å². The van der Waals surface area contributed by atoms with Crippen molar-refractivity contribution in [2.75, 3.05) is 4.90 Å². The Bertz CT molecular complexity index is 661. The lowest BCUT2D eigenvalue weighted by Crippen LogP contribution is -2.21. The number of pyridine rings is 1. The minimum Gasteiger partial charge on any atom is -0.435 e. The number of carbonyl (C=O) groups is 1. The third kappa shape index (κ3) is 2.20. The molecule has 0 N–H and O–H groups in total. The van der Waals surface area contributed by atoms with Gasteiger partial charge in [-0.1, -0.05) is 12.1 Å². The maximum absolute atomic E-state index is 12.2. The zero-order valence-corrected chi connectivity index (χ0v) is 10.3. The summed E-state index contributed by atoms with van der Waals surface area (Å²) in [7, 11) is 0. The Morgan fingerprint density at radius 1 is 1.25 bits per heavy atom. The molecule has 102 valence electrons. The van der Waals surface area contributed by atoms with Crippen LogP contribution in [0.4, 0.5) is 20.3 Å². The lowest BCUT2D eigenvalue weighted by atomic mass is 10.2. The van der Waals surface area contributed by atoms with Gasteiger partial charge >= 0.3 is 6.61 Å². The smallest absolute Gasteiger partial charge is 0.387 e. The standard InChI is InChI=1S/C14H10F2N2O2/c15-14(16)20-11-5-1-4-10(8-11)18-12(19)7-9-3-2-6-17-13(9)18/h1-6,8,14H,7H2. The van der Waals surface area contributed by atoms with Gasteiger partial charge in [-0.2, -0.15) is 8.78 Å². The molecule has 20 heavy (non-hydrogen) atoms. The van der Waals surface area contributed by atoms with Crippen molar-refractivity contribution < 1.29 is 18.3 Å². The normalized spacial score (nSPS) is 13.8. The molecule has 0 bridgehead atoms. The van der Waals surface area contributed by atoms with Crippen LogP contribution in [0.5, 0.6) is 5.75 Å². The molecule has 1 aliphatic heterocycles. The maximum Gasteiger partial charge on any atom is 0.387 e. The fourth-order valence-electron chi connectivity index (χ4n) is 2.19. The number of carbonyl (C=O) groups excluding carboxylic acids is 1. The van der Waals surface area contributed by atoms with Gasteiger partial charge in [-0.3, -0.25) is 9.69 Å². The van der Waals surface area contributed by atoms with Crippen molar-refractivity contribution in [3.63, 3.8) is 0 Å². The maximum atomic E-state index is 12.2. The van der Waals surface area contributed by atoms with Gasteiger partial charge in [0.15, 0.2) is 0 Å². The number of ether oxygens (including phenoxy) is 1. The lowest BCUT2D eigenvalue weighted by Gasteiger charge is -2.17. The van der Waals surface area contributed by atoms with E-state index in [2.05, 4.69) is 9.72 Å². The largest absolute Gasteiger partial charge is 0.435 e. The first-order chi connectivity index (χ1) is 9.65. The van der Waals surface area contributed by atoms with Crippen molar-refractivity contribution in [1.29, 1.82) is 0 Å². The van der Waals surface area contributed by atoms with E-state index in [0.29, 0.717) is 11.5 Å². The summed E-state index contributed by atoms with van der Waals surface area (Å²) in [6, 6.07) is 9.59. The molecule has 0 fully saturated rings. The molecule has 0 atom stereocenters. The van der Waals surface area contributed by atoms with Gasteiger partial charge in [0, 0.05) is 17.8 Å². The summed E-state index contributed by atoms with van der Waals surface area (Å²) in [6.45, 7) is -2.90. The molecule has 1 aliphatic rings. The first-order valence-electron chi connectivity index (χ1n) is 5.97. The predicted octanol–water partition coefficient (Wildman–Crippen LogP) is 2.90. The molecular formula is C14H10F2N2O2. The number of amides is 1. The van der Waals surface area contributed by atoms with E-state index in [1.165, 1.54) is 17.0 Å². The summed E-state index contributed by atoms with van der Waals surface area (Å²) in [5.41, 5.74) is 1.28. The van der Waals surface area contributed by atoms with Gasteiger partial charge in [0.1, 0.15) is 11.6 Å². The Hall–Kier alpha value is -2.50. The van der Waals surface area contributed by atoms with Gasteiger partial charge in [-0.05, 0) is 18.2 Å². The van der Waals surface area contributed by atoms with Crippen molar-refractivity contribution in [2.45, 2.75) is 13.0 Å². The van der Waals surface area contributed by atoms with E-state index in [1.54, 1.807) is 24.4 Å². The van der Waals surface area contributed by atoms with Gasteiger partial charge in [0.05, 0.1) is 12.1 Å². The summed E-state index contributed by atoms with van der Waals surface area (Å²) in [4.78, 5) is 17.6. The number of hydrogen-bond acceptors (Lipinski definition) is 3. The Labute approximate surface area is 113 Å². The average Bonchev–Trinajstić information content (AvgIpc) is 2.74. The molecule has 6 heteroatoms. The Kier molecular flexibility index (Phi) is 3.06. The van der Waals surface area contributed by atoms with Crippen LogP contribution in [0.3, 0.4) is 0 Å². The molecule has 1 amide bonds. The highest BCUT2D eigenvalue weighted by Gasteiger charge is 2.29. The van der Waals surface area contributed by atoms with Crippen LogP contribution < -0.4 is 9.64 Å². The summed E-state index contributed by atoms with van der Waals surface area (Å²) >= 11 is 0. The second kappa shape index (κ2) is 4.88. The number of benzene rings is 1. The zero-order valence-electron chi connectivity index (χ0n) is 10.3. The second-order valence-electron chi connectivity index (χ2n) is 4.27. The monoisotopic (exact) mass is 276 g/mol. The molecule has 3 rings (SSSR count). The summed E-state index contributed by atoms with van der Waals surface area (Å²) < 4.78 is 28.8. The third-order valence-electron chi connectivity index (χ3n) is 2.97. The molecule has 1 aromatic heterocycles. The van der Waals surface area contributed by atoms with E-state index in [4.69, 9.17) is 0 Å². The first-order valence-corrected chi connectivity index (χ1v) is 5.97. The number of hydrogen-bond donors (Lipinski definition) is 0. The molecule has 2 aromatic rings. The van der Waals surface area contributed by atoms with Crippen LogP contribution in [-0.2, 0) is 11.2 Å². The third-order valence-corrected chi connectivity index (χ3v) is 2.97. The molecular weight excluding hydrogens is 266 g/mol. The summed E-state index contributed by atoms with van der Waals surface area (Å²) in [5.74, 6) is 0.397. The lowest BCUT2D eigenvalue weighted by molar-refractivity contribution is -0.116. The molecule has 0 aliphatic carbocycles. The number of nitrogens with zero attached hydrogens (tertiary/aromatic N) is 2. The van der Waals surface area contributed by atoms with E-state index in [0.717, 1.165) is 5.56 Å². The van der Waals surface area contributed by atoms with Gasteiger partial charge in [0.2, 0.25) is 5.91 Å². The molecule has 0 unspecified atom stereocenters. The quantitative estimate of drug-likeness (QED) is 0.865. The van der Waals surface area contributed by atoms with E-state index in [1.807, 2.05) is 6.07 Å². The average molecular weight is 276 g/mol. The fourth-order valence-corrected chi connectivity index (χ4v) is 2.19. The Morgan fingerprint density at radius 3 is 2.90 bits per heavy atom. The van der Waals surface area contributed by atoms with Crippen LogP contribution in [-0.4, -0.2) is 17.5 Å². The minimum atomic E-state index is -2.90.